The molecule has 16 N–H and O–H groups in total. The van der Waals surface area contributed by atoms with Gasteiger partial charge < -0.3 is 105 Å². The van der Waals surface area contributed by atoms with E-state index in [0.29, 0.717) is 0 Å². The summed E-state index contributed by atoms with van der Waals surface area (Å²) in [6, 6.07) is 0. The average molecular weight is 657 g/mol. The first-order valence-corrected chi connectivity index (χ1v) is 13.5. The van der Waals surface area contributed by atoms with E-state index < -0.39 is 143 Å². The highest BCUT2D eigenvalue weighted by Crippen LogP contribution is 2.36. The summed E-state index contributed by atoms with van der Waals surface area (Å²) in [5.74, 6) is -2.36. The van der Waals surface area contributed by atoms with E-state index in [-0.39, 0.29) is 0 Å². The Bertz CT molecular complexity index is 815. The third-order valence-corrected chi connectivity index (χ3v) is 7.33. The Morgan fingerprint density at radius 3 is 1.50 bits per heavy atom. The fourth-order valence-corrected chi connectivity index (χ4v) is 4.49. The second-order valence-electron chi connectivity index (χ2n) is 10.4. The Kier molecular flexibility index (Phi) is 15.5. The van der Waals surface area contributed by atoms with Gasteiger partial charge in [0.15, 0.2) is 12.6 Å². The molecule has 1 unspecified atom stereocenters. The van der Waals surface area contributed by atoms with E-state index in [9.17, 15) is 56.2 Å². The molecular weight excluding hydrogens is 612 g/mol. The zero-order valence-corrected chi connectivity index (χ0v) is 23.2. The number of ether oxygens (including phenoxy) is 5. The normalized spacial score (nSPS) is 44.9. The van der Waals surface area contributed by atoms with Crippen molar-refractivity contribution in [1.82, 2.24) is 0 Å². The van der Waals surface area contributed by atoms with Gasteiger partial charge in [-0.1, -0.05) is 0 Å². The van der Waals surface area contributed by atoms with Crippen LogP contribution in [-0.2, 0) is 23.7 Å². The lowest BCUT2D eigenvalue weighted by atomic mass is 9.98. The van der Waals surface area contributed by atoms with Gasteiger partial charge in [-0.25, -0.2) is 0 Å². The van der Waals surface area contributed by atoms with Gasteiger partial charge in [0.25, 0.3) is 0 Å². The number of hydrogen-bond donors (Lipinski definition) is 16. The van der Waals surface area contributed by atoms with Crippen LogP contribution in [0.2, 0.25) is 0 Å². The number of aliphatic hydroxyl groups excluding tert-OH is 16. The summed E-state index contributed by atoms with van der Waals surface area (Å²) in [4.78, 5) is 0. The number of aliphatic hydroxyl groups is 16. The molecule has 0 radical (unpaired) electrons. The van der Waals surface area contributed by atoms with Gasteiger partial charge >= 0.3 is 0 Å². The lowest BCUT2D eigenvalue weighted by molar-refractivity contribution is -0.388. The van der Waals surface area contributed by atoms with Crippen LogP contribution in [0, 0.1) is 0 Å². The molecule has 0 spiro atoms. The molecule has 21 nitrogen and oxygen atoms in total. The largest absolute Gasteiger partial charge is 0.394 e. The van der Waals surface area contributed by atoms with Crippen molar-refractivity contribution in [2.24, 2.45) is 0 Å². The summed E-state index contributed by atoms with van der Waals surface area (Å²) in [6.45, 7) is -4.42. The Labute approximate surface area is 249 Å². The standard InChI is InChI=1S/C18H32O16.C5H12O5/c19-1-5-8(22)11(25)13(27)16(31-5)30-3-7-9(23)12(26)14(28)17(32-7)34-18(4-21)15(29)10(24)6(2-20)33-18;6-1-3(8)5(10)4(9)2-7/h5-17,19-29H,1-4H2;3-10H,1-2H2/t5-,6-,7-,8+,9-,10-,11+,12+,13-,14-,15+,16+,17-,18+;3-,4+,5?/m1./s1. The van der Waals surface area contributed by atoms with E-state index in [1.807, 2.05) is 0 Å². The molecule has 0 aromatic carbocycles. The van der Waals surface area contributed by atoms with Gasteiger partial charge in [-0.05, 0) is 0 Å². The first-order valence-electron chi connectivity index (χ1n) is 13.5. The topological polar surface area (TPSA) is 370 Å². The maximum atomic E-state index is 10.3. The van der Waals surface area contributed by atoms with Crippen LogP contribution in [-0.4, -0.2) is 225 Å². The SMILES string of the molecule is OC[C@@H](O)C(O)[C@@H](O)CO.OC[C@H]1O[C@H](OC[C@H]2O[C@H](O[C@]3(CO)O[C@H](CO)[C@@H](O)[C@@H]3O)[C@H](O)[C@@H](O)[C@@H]2O)[C@H](O)[C@@H](O)[C@H]1O. The molecule has 21 heteroatoms. The van der Waals surface area contributed by atoms with Crippen molar-refractivity contribution in [2.75, 3.05) is 39.6 Å². The maximum absolute atomic E-state index is 10.3. The van der Waals surface area contributed by atoms with Crippen molar-refractivity contribution in [1.29, 1.82) is 0 Å². The Hall–Kier alpha value is -0.840. The minimum Gasteiger partial charge on any atom is -0.394 e. The molecular formula is C23H44O21. The molecule has 17 atom stereocenters. The third kappa shape index (κ3) is 8.74. The van der Waals surface area contributed by atoms with E-state index in [0.717, 1.165) is 0 Å². The molecule has 3 heterocycles. The van der Waals surface area contributed by atoms with E-state index >= 15 is 0 Å². The molecule has 3 aliphatic heterocycles. The Morgan fingerprint density at radius 1 is 0.568 bits per heavy atom. The molecule has 3 rings (SSSR count). The smallest absolute Gasteiger partial charge is 0.224 e. The third-order valence-electron chi connectivity index (χ3n) is 7.33. The van der Waals surface area contributed by atoms with E-state index in [4.69, 9.17) is 49.2 Å². The van der Waals surface area contributed by atoms with Crippen LogP contribution in [0.1, 0.15) is 0 Å². The highest BCUT2D eigenvalue weighted by molar-refractivity contribution is 4.98. The van der Waals surface area contributed by atoms with Crippen molar-refractivity contribution < 1.29 is 105 Å². The molecule has 0 aromatic rings. The van der Waals surface area contributed by atoms with Crippen LogP contribution in [0.25, 0.3) is 0 Å². The van der Waals surface area contributed by atoms with Crippen LogP contribution < -0.4 is 0 Å². The van der Waals surface area contributed by atoms with Crippen molar-refractivity contribution >= 4 is 0 Å². The predicted octanol–water partition coefficient (Wildman–Crippen LogP) is -10.5. The number of hydrogen-bond acceptors (Lipinski definition) is 21. The van der Waals surface area contributed by atoms with Gasteiger partial charge in [0, 0.05) is 0 Å². The van der Waals surface area contributed by atoms with Crippen LogP contribution >= 0.6 is 0 Å². The molecule has 0 aliphatic carbocycles. The van der Waals surface area contributed by atoms with Crippen molar-refractivity contribution in [3.8, 4) is 0 Å². The predicted molar refractivity (Wildman–Crippen MR) is 133 cm³/mol. The van der Waals surface area contributed by atoms with E-state index in [2.05, 4.69) is 0 Å². The molecule has 3 fully saturated rings. The van der Waals surface area contributed by atoms with E-state index in [1.165, 1.54) is 0 Å². The lowest BCUT2D eigenvalue weighted by Crippen LogP contribution is -2.63. The molecule has 262 valence electrons. The van der Waals surface area contributed by atoms with Crippen LogP contribution in [0.5, 0.6) is 0 Å². The van der Waals surface area contributed by atoms with Crippen molar-refractivity contribution in [2.45, 2.75) is 104 Å². The molecule has 0 aromatic heterocycles. The first kappa shape index (κ1) is 39.3. The summed E-state index contributed by atoms with van der Waals surface area (Å²) in [6.07, 6.45) is -26.1. The molecule has 0 bridgehead atoms. The summed E-state index contributed by atoms with van der Waals surface area (Å²) in [5.41, 5.74) is 0. The monoisotopic (exact) mass is 656 g/mol. The molecule has 0 saturated carbocycles. The van der Waals surface area contributed by atoms with Crippen LogP contribution in [0.3, 0.4) is 0 Å². The first-order chi connectivity index (χ1) is 20.6. The lowest BCUT2D eigenvalue weighted by Gasteiger charge is -2.44. The quantitative estimate of drug-likeness (QED) is 0.0926. The minimum absolute atomic E-state index is 0.634. The minimum atomic E-state index is -2.36. The van der Waals surface area contributed by atoms with Crippen molar-refractivity contribution in [3.63, 3.8) is 0 Å². The van der Waals surface area contributed by atoms with Gasteiger partial charge in [-0.15, -0.1) is 0 Å². The molecule has 3 saturated heterocycles. The maximum Gasteiger partial charge on any atom is 0.224 e. The second-order valence-corrected chi connectivity index (χ2v) is 10.4. The van der Waals surface area contributed by atoms with Crippen LogP contribution in [0.15, 0.2) is 0 Å². The highest BCUT2D eigenvalue weighted by Gasteiger charge is 2.58. The van der Waals surface area contributed by atoms with Gasteiger partial charge in [0.05, 0.1) is 33.0 Å². The fraction of sp³-hybridized carbons (Fsp3) is 1.00. The number of rotatable bonds is 12. The Morgan fingerprint density at radius 2 is 1.05 bits per heavy atom. The van der Waals surface area contributed by atoms with Gasteiger partial charge in [-0.3, -0.25) is 0 Å². The van der Waals surface area contributed by atoms with E-state index in [1.54, 1.807) is 0 Å². The summed E-state index contributed by atoms with van der Waals surface area (Å²) in [5, 5.41) is 151. The zero-order valence-electron chi connectivity index (χ0n) is 23.2. The highest BCUT2D eigenvalue weighted by atomic mass is 16.8. The fourth-order valence-electron chi connectivity index (χ4n) is 4.49. The molecule has 44 heavy (non-hydrogen) atoms. The molecule has 0 amide bonds. The summed E-state index contributed by atoms with van der Waals surface area (Å²) in [7, 11) is 0. The molecule has 3 aliphatic rings. The second kappa shape index (κ2) is 17.4. The van der Waals surface area contributed by atoms with Gasteiger partial charge in [0.1, 0.15) is 92.1 Å². The zero-order chi connectivity index (χ0) is 33.5. The van der Waals surface area contributed by atoms with Crippen molar-refractivity contribution in [3.05, 3.63) is 0 Å². The van der Waals surface area contributed by atoms with Gasteiger partial charge in [0.2, 0.25) is 5.79 Å². The summed E-state index contributed by atoms with van der Waals surface area (Å²) < 4.78 is 26.4. The summed E-state index contributed by atoms with van der Waals surface area (Å²) >= 11 is 0. The Balaban J connectivity index is 0.000000580. The van der Waals surface area contributed by atoms with Crippen LogP contribution in [0.4, 0.5) is 0 Å². The van der Waals surface area contributed by atoms with Gasteiger partial charge in [-0.2, -0.15) is 0 Å². The average Bonchev–Trinajstić information content (AvgIpc) is 3.27.